The van der Waals surface area contributed by atoms with Crippen molar-refractivity contribution in [2.75, 3.05) is 0 Å². The minimum absolute atomic E-state index is 0.349. The zero-order chi connectivity index (χ0) is 19.8. The van der Waals surface area contributed by atoms with Gasteiger partial charge in [0.25, 0.3) is 0 Å². The van der Waals surface area contributed by atoms with Gasteiger partial charge in [-0.05, 0) is 126 Å². The molecule has 0 saturated heterocycles. The van der Waals surface area contributed by atoms with Crippen LogP contribution in [0.15, 0.2) is 12.2 Å². The van der Waals surface area contributed by atoms with E-state index < -0.39 is 6.17 Å². The van der Waals surface area contributed by atoms with E-state index in [0.717, 1.165) is 48.9 Å². The Kier molecular flexibility index (Phi) is 8.88. The van der Waals surface area contributed by atoms with E-state index in [1.165, 1.54) is 64.2 Å². The van der Waals surface area contributed by atoms with Gasteiger partial charge in [0.1, 0.15) is 6.17 Å². The Morgan fingerprint density at radius 2 is 1.29 bits per heavy atom. The summed E-state index contributed by atoms with van der Waals surface area (Å²) in [6, 6.07) is 2.48. The van der Waals surface area contributed by atoms with E-state index in [-0.39, 0.29) is 0 Å². The second kappa shape index (κ2) is 11.4. The molecule has 3 saturated carbocycles. The topological polar surface area (TPSA) is 23.8 Å². The van der Waals surface area contributed by atoms with Crippen LogP contribution in [0.1, 0.15) is 103 Å². The fourth-order valence-corrected chi connectivity index (χ4v) is 6.39. The van der Waals surface area contributed by atoms with E-state index in [4.69, 9.17) is 5.26 Å². The molecule has 2 heteroatoms. The van der Waals surface area contributed by atoms with Gasteiger partial charge >= 0.3 is 0 Å². The third-order valence-electron chi connectivity index (χ3n) is 8.42. The molecule has 1 atom stereocenters. The lowest BCUT2D eigenvalue weighted by Crippen LogP contribution is -2.29. The molecular weight excluding hydrogens is 345 g/mol. The van der Waals surface area contributed by atoms with Crippen LogP contribution in [0.4, 0.5) is 4.39 Å². The van der Waals surface area contributed by atoms with Crippen LogP contribution in [0, 0.1) is 46.8 Å². The molecule has 3 aliphatic rings. The molecule has 0 N–H and O–H groups in total. The Bertz CT molecular complexity index is 497. The third-order valence-corrected chi connectivity index (χ3v) is 8.42. The van der Waals surface area contributed by atoms with Gasteiger partial charge in [0.05, 0.1) is 6.07 Å². The number of allylic oxidation sites excluding steroid dienone is 2. The quantitative estimate of drug-likeness (QED) is 0.406. The number of hydrogen-bond donors (Lipinski definition) is 0. The van der Waals surface area contributed by atoms with E-state index in [1.807, 2.05) is 6.92 Å². The van der Waals surface area contributed by atoms with E-state index in [2.05, 4.69) is 18.2 Å². The minimum Gasteiger partial charge on any atom is -0.247 e. The monoisotopic (exact) mass is 387 g/mol. The number of hydrogen-bond acceptors (Lipinski definition) is 1. The van der Waals surface area contributed by atoms with Crippen LogP contribution in [0.25, 0.3) is 0 Å². The first-order valence-electron chi connectivity index (χ1n) is 12.4. The molecule has 0 aromatic carbocycles. The highest BCUT2D eigenvalue weighted by Crippen LogP contribution is 2.45. The molecule has 28 heavy (non-hydrogen) atoms. The van der Waals surface area contributed by atoms with Crippen molar-refractivity contribution < 1.29 is 4.39 Å². The SMILES string of the molecule is CCC(F)CCC=C[C@H]1CC[C@H]([C@H]2CC[C@H]([C@H]3CC[C@H](C#N)CC3)CC2)CC1. The van der Waals surface area contributed by atoms with Gasteiger partial charge in [-0.25, -0.2) is 4.39 Å². The smallest absolute Gasteiger partial charge is 0.100 e. The minimum atomic E-state index is -0.614. The maximum atomic E-state index is 13.3. The number of nitrogens with zero attached hydrogens (tertiary/aromatic N) is 1. The highest BCUT2D eigenvalue weighted by molar-refractivity contribution is 4.94. The summed E-state index contributed by atoms with van der Waals surface area (Å²) in [7, 11) is 0. The fraction of sp³-hybridized carbons (Fsp3) is 0.885. The molecule has 3 fully saturated rings. The molecular formula is C26H42FN. The maximum absolute atomic E-state index is 13.3. The lowest BCUT2D eigenvalue weighted by Gasteiger charge is -2.40. The van der Waals surface area contributed by atoms with Crippen molar-refractivity contribution in [1.82, 2.24) is 0 Å². The summed E-state index contributed by atoms with van der Waals surface area (Å²) in [5.41, 5.74) is 0. The van der Waals surface area contributed by atoms with Gasteiger partial charge in [0.2, 0.25) is 0 Å². The Labute approximate surface area is 173 Å². The first-order chi connectivity index (χ1) is 13.7. The summed E-state index contributed by atoms with van der Waals surface area (Å²) in [5.74, 6) is 4.92. The van der Waals surface area contributed by atoms with Crippen LogP contribution in [-0.4, -0.2) is 6.17 Å². The van der Waals surface area contributed by atoms with Crippen molar-refractivity contribution >= 4 is 0 Å². The van der Waals surface area contributed by atoms with Crippen molar-refractivity contribution in [3.05, 3.63) is 12.2 Å². The number of nitriles is 1. The van der Waals surface area contributed by atoms with Crippen molar-refractivity contribution in [2.24, 2.45) is 35.5 Å². The number of alkyl halides is 1. The number of halogens is 1. The Morgan fingerprint density at radius 1 is 0.821 bits per heavy atom. The summed E-state index contributed by atoms with van der Waals surface area (Å²) < 4.78 is 13.3. The Morgan fingerprint density at radius 3 is 1.75 bits per heavy atom. The van der Waals surface area contributed by atoms with Crippen LogP contribution in [-0.2, 0) is 0 Å². The molecule has 158 valence electrons. The lowest BCUT2D eigenvalue weighted by atomic mass is 9.65. The molecule has 3 aliphatic carbocycles. The van der Waals surface area contributed by atoms with Gasteiger partial charge in [-0.1, -0.05) is 19.1 Å². The van der Waals surface area contributed by atoms with Crippen LogP contribution >= 0.6 is 0 Å². The van der Waals surface area contributed by atoms with Gasteiger partial charge < -0.3 is 0 Å². The first kappa shape index (κ1) is 21.9. The van der Waals surface area contributed by atoms with E-state index in [0.29, 0.717) is 18.8 Å². The van der Waals surface area contributed by atoms with Crippen LogP contribution in [0.3, 0.4) is 0 Å². The summed E-state index contributed by atoms with van der Waals surface area (Å²) in [4.78, 5) is 0. The van der Waals surface area contributed by atoms with Gasteiger partial charge in [-0.15, -0.1) is 0 Å². The molecule has 1 nitrogen and oxygen atoms in total. The fourth-order valence-electron chi connectivity index (χ4n) is 6.39. The predicted octanol–water partition coefficient (Wildman–Crippen LogP) is 8.01. The molecule has 0 aromatic rings. The zero-order valence-corrected chi connectivity index (χ0v) is 18.1. The molecule has 1 unspecified atom stereocenters. The highest BCUT2D eigenvalue weighted by atomic mass is 19.1. The molecule has 0 heterocycles. The second-order valence-corrected chi connectivity index (χ2v) is 10.1. The van der Waals surface area contributed by atoms with Gasteiger partial charge in [0.15, 0.2) is 0 Å². The highest BCUT2D eigenvalue weighted by Gasteiger charge is 2.34. The largest absolute Gasteiger partial charge is 0.247 e. The maximum Gasteiger partial charge on any atom is 0.100 e. The van der Waals surface area contributed by atoms with E-state index in [9.17, 15) is 4.39 Å². The van der Waals surface area contributed by atoms with Crippen molar-refractivity contribution in [3.63, 3.8) is 0 Å². The Hall–Kier alpha value is -0.840. The Balaban J connectivity index is 1.32. The zero-order valence-electron chi connectivity index (χ0n) is 18.1. The summed E-state index contributed by atoms with van der Waals surface area (Å²) in [5, 5.41) is 9.11. The normalized spacial score (nSPS) is 38.2. The summed E-state index contributed by atoms with van der Waals surface area (Å²) >= 11 is 0. The van der Waals surface area contributed by atoms with Crippen molar-refractivity contribution in [1.29, 1.82) is 5.26 Å². The van der Waals surface area contributed by atoms with Crippen LogP contribution < -0.4 is 0 Å². The third kappa shape index (κ3) is 6.33. The van der Waals surface area contributed by atoms with Crippen molar-refractivity contribution in [2.45, 2.75) is 109 Å². The van der Waals surface area contributed by atoms with Crippen LogP contribution in [0.2, 0.25) is 0 Å². The predicted molar refractivity (Wildman–Crippen MR) is 116 cm³/mol. The number of rotatable bonds is 7. The molecule has 0 amide bonds. The van der Waals surface area contributed by atoms with Crippen LogP contribution in [0.5, 0.6) is 0 Å². The van der Waals surface area contributed by atoms with Crippen molar-refractivity contribution in [3.8, 4) is 6.07 Å². The van der Waals surface area contributed by atoms with E-state index in [1.54, 1.807) is 0 Å². The molecule has 0 aliphatic heterocycles. The average molecular weight is 388 g/mol. The first-order valence-corrected chi connectivity index (χ1v) is 12.4. The molecule has 3 rings (SSSR count). The second-order valence-electron chi connectivity index (χ2n) is 10.1. The molecule has 0 bridgehead atoms. The van der Waals surface area contributed by atoms with Gasteiger partial charge in [-0.3, -0.25) is 0 Å². The lowest BCUT2D eigenvalue weighted by molar-refractivity contribution is 0.113. The molecule has 0 radical (unpaired) electrons. The molecule has 0 spiro atoms. The summed E-state index contributed by atoms with van der Waals surface area (Å²) in [6.45, 7) is 1.93. The standard InChI is InChI=1S/C26H42FN/c1-2-26(27)6-4-3-5-20-7-11-22(12-8-20)24-15-17-25(18-16-24)23-13-9-21(19-28)10-14-23/h3,5,20-26H,2,4,6-18H2,1H3/t20-,21-,22-,23-,24-,25-,26?. The van der Waals surface area contributed by atoms with E-state index >= 15 is 0 Å². The van der Waals surface area contributed by atoms with Gasteiger partial charge in [-0.2, -0.15) is 5.26 Å². The molecule has 0 aromatic heterocycles. The average Bonchev–Trinajstić information content (AvgIpc) is 2.77. The summed E-state index contributed by atoms with van der Waals surface area (Å²) in [6.07, 6.45) is 22.6. The van der Waals surface area contributed by atoms with Gasteiger partial charge in [0, 0.05) is 5.92 Å².